The van der Waals surface area contributed by atoms with E-state index in [1.54, 1.807) is 0 Å². The number of carbonyl (C=O) groups is 2. The molecule has 0 fully saturated rings. The molecule has 0 aromatic rings. The van der Waals surface area contributed by atoms with Crippen molar-refractivity contribution in [2.24, 2.45) is 0 Å². The molecule has 0 unspecified atom stereocenters. The maximum atomic E-state index is 11.3. The minimum Gasteiger partial charge on any atom is -0.722 e. The molecule has 0 atom stereocenters. The summed E-state index contributed by atoms with van der Waals surface area (Å²) in [6.07, 6.45) is 0. The quantitative estimate of drug-likeness (QED) is 0.285. The predicted octanol–water partition coefficient (Wildman–Crippen LogP) is -0.564. The van der Waals surface area contributed by atoms with Crippen LogP contribution in [0.2, 0.25) is 0 Å². The minimum absolute atomic E-state index is 0.516. The van der Waals surface area contributed by atoms with Crippen LogP contribution in [0, 0.1) is 0 Å². The Labute approximate surface area is 84.0 Å². The third kappa shape index (κ3) is 32.4. The number of hydrogen-bond donors (Lipinski definition) is 0. The average Bonchev–Trinajstić information content (AvgIpc) is 2.00. The van der Waals surface area contributed by atoms with Crippen molar-refractivity contribution in [3.63, 3.8) is 0 Å². The van der Waals surface area contributed by atoms with Crippen LogP contribution in [0.4, 0.5) is 8.28 Å². The zero-order valence-electron chi connectivity index (χ0n) is 7.44. The predicted molar refractivity (Wildman–Crippen MR) is 39.5 cm³/mol. The van der Waals surface area contributed by atoms with Crippen LogP contribution >= 0.6 is 0 Å². The molecule has 0 rings (SSSR count). The van der Waals surface area contributed by atoms with E-state index in [9.17, 15) is 17.9 Å². The Morgan fingerprint density at radius 2 is 1.73 bits per heavy atom. The van der Waals surface area contributed by atoms with Crippen LogP contribution in [0.5, 0.6) is 0 Å². The van der Waals surface area contributed by atoms with E-state index in [1.807, 2.05) is 0 Å². The smallest absolute Gasteiger partial charge is 0.340 e. The van der Waals surface area contributed by atoms with Crippen molar-refractivity contribution < 1.29 is 40.3 Å². The Balaban J connectivity index is 0. The van der Waals surface area contributed by atoms with Crippen molar-refractivity contribution in [2.75, 3.05) is 13.5 Å². The number of ether oxygens (including phenoxy) is 2. The summed E-state index contributed by atoms with van der Waals surface area (Å²) in [7, 11) is -5.42. The van der Waals surface area contributed by atoms with Gasteiger partial charge in [-0.05, 0) is 0 Å². The third-order valence-electron chi connectivity index (χ3n) is 0.591. The summed E-state index contributed by atoms with van der Waals surface area (Å²) in [6, 6.07) is 0. The topological polar surface area (TPSA) is 110 Å². The molecule has 0 aliphatic heterocycles. The van der Waals surface area contributed by atoms with Gasteiger partial charge < -0.3 is 14.0 Å². The number of rotatable bonds is 3. The van der Waals surface area contributed by atoms with Gasteiger partial charge in [-0.2, -0.15) is 0 Å². The van der Waals surface area contributed by atoms with Crippen LogP contribution in [-0.2, 0) is 29.6 Å². The highest BCUT2D eigenvalue weighted by molar-refractivity contribution is 7.80. The molecule has 10 heteroatoms. The van der Waals surface area contributed by atoms with E-state index in [4.69, 9.17) is 13.0 Å². The van der Waals surface area contributed by atoms with Crippen LogP contribution in [0.15, 0.2) is 0 Å². The standard InChI is InChI=1S/C5H7FO4.FHO3S/c1-4(7)9-3-10-5(8)2-6;1-5(2,3)4/h2-3H2,1H3;(H,2,3,4)/p-1. The first-order valence-electron chi connectivity index (χ1n) is 3.17. The molecule has 0 heterocycles. The molecule has 0 N–H and O–H groups in total. The molecule has 0 aliphatic carbocycles. The number of hydrogen-bond acceptors (Lipinski definition) is 7. The van der Waals surface area contributed by atoms with Gasteiger partial charge in [0.2, 0.25) is 6.79 Å². The van der Waals surface area contributed by atoms with Gasteiger partial charge in [-0.15, -0.1) is 3.89 Å². The van der Waals surface area contributed by atoms with Crippen molar-refractivity contribution >= 4 is 22.4 Å². The lowest BCUT2D eigenvalue weighted by molar-refractivity contribution is -0.166. The molecule has 0 bridgehead atoms. The number of halogens is 2. The Morgan fingerprint density at radius 3 is 2.00 bits per heavy atom. The normalized spacial score (nSPS) is 9.60. The van der Waals surface area contributed by atoms with Gasteiger partial charge in [0, 0.05) is 6.92 Å². The highest BCUT2D eigenvalue weighted by atomic mass is 32.3. The summed E-state index contributed by atoms with van der Waals surface area (Å²) in [5, 5.41) is 0. The maximum absolute atomic E-state index is 11.3. The van der Waals surface area contributed by atoms with Crippen LogP contribution in [-0.4, -0.2) is 38.4 Å². The van der Waals surface area contributed by atoms with Gasteiger partial charge in [-0.1, -0.05) is 0 Å². The first-order chi connectivity index (χ1) is 6.66. The second-order valence-electron chi connectivity index (χ2n) is 1.80. The van der Waals surface area contributed by atoms with E-state index in [2.05, 4.69) is 9.47 Å². The number of esters is 2. The molecule has 7 nitrogen and oxygen atoms in total. The van der Waals surface area contributed by atoms with Crippen molar-refractivity contribution in [1.82, 2.24) is 0 Å². The lowest BCUT2D eigenvalue weighted by Crippen LogP contribution is -2.11. The van der Waals surface area contributed by atoms with Crippen LogP contribution < -0.4 is 0 Å². The van der Waals surface area contributed by atoms with Gasteiger partial charge in [-0.25, -0.2) is 17.6 Å². The highest BCUT2D eigenvalue weighted by Crippen LogP contribution is 1.81. The number of carbonyl (C=O) groups excluding carboxylic acids is 2. The van der Waals surface area contributed by atoms with Gasteiger partial charge >= 0.3 is 11.9 Å². The first-order valence-corrected chi connectivity index (χ1v) is 4.48. The van der Waals surface area contributed by atoms with Crippen LogP contribution in [0.25, 0.3) is 0 Å². The van der Waals surface area contributed by atoms with E-state index in [-0.39, 0.29) is 0 Å². The molecule has 0 saturated heterocycles. The highest BCUT2D eigenvalue weighted by Gasteiger charge is 2.00. The van der Waals surface area contributed by atoms with Gasteiger partial charge in [0.15, 0.2) is 6.67 Å². The zero-order valence-corrected chi connectivity index (χ0v) is 8.25. The van der Waals surface area contributed by atoms with Crippen molar-refractivity contribution in [2.45, 2.75) is 6.92 Å². The van der Waals surface area contributed by atoms with Gasteiger partial charge in [0.1, 0.15) is 0 Å². The van der Waals surface area contributed by atoms with Gasteiger partial charge in [0.25, 0.3) is 10.5 Å². The third-order valence-corrected chi connectivity index (χ3v) is 0.591. The Hall–Kier alpha value is -1.29. The molecular weight excluding hydrogens is 242 g/mol. The average molecular weight is 249 g/mol. The van der Waals surface area contributed by atoms with E-state index in [0.717, 1.165) is 6.92 Å². The second kappa shape index (κ2) is 8.05. The molecule has 0 aromatic heterocycles. The Kier molecular flexibility index (Phi) is 8.67. The Bertz CT molecular complexity index is 291. The van der Waals surface area contributed by atoms with Crippen molar-refractivity contribution in [3.8, 4) is 0 Å². The Morgan fingerprint density at radius 1 is 1.33 bits per heavy atom. The molecule has 15 heavy (non-hydrogen) atoms. The molecule has 0 amide bonds. The summed E-state index contributed by atoms with van der Waals surface area (Å²) < 4.78 is 54.8. The van der Waals surface area contributed by atoms with Gasteiger partial charge in [0.05, 0.1) is 0 Å². The van der Waals surface area contributed by atoms with Gasteiger partial charge in [-0.3, -0.25) is 4.79 Å². The first kappa shape index (κ1) is 16.2. The summed E-state index contributed by atoms with van der Waals surface area (Å²) in [4.78, 5) is 20.0. The summed E-state index contributed by atoms with van der Waals surface area (Å²) in [5.41, 5.74) is 0. The lowest BCUT2D eigenvalue weighted by atomic mass is 10.8. The van der Waals surface area contributed by atoms with Crippen LogP contribution in [0.1, 0.15) is 6.92 Å². The van der Waals surface area contributed by atoms with E-state index in [1.165, 1.54) is 0 Å². The maximum Gasteiger partial charge on any atom is 0.340 e. The van der Waals surface area contributed by atoms with E-state index < -0.39 is 35.9 Å². The largest absolute Gasteiger partial charge is 0.722 e. The SMILES string of the molecule is CC(=O)OCOC(=O)CF.O=S(=O)([O-])F. The molecule has 0 spiro atoms. The fourth-order valence-electron chi connectivity index (χ4n) is 0.217. The molecule has 0 radical (unpaired) electrons. The second-order valence-corrected chi connectivity index (χ2v) is 2.58. The molecule has 90 valence electrons. The fourth-order valence-corrected chi connectivity index (χ4v) is 0.217. The van der Waals surface area contributed by atoms with Crippen LogP contribution in [0.3, 0.4) is 0 Å². The molecule has 0 aromatic carbocycles. The zero-order chi connectivity index (χ0) is 12.5. The minimum atomic E-state index is -5.42. The van der Waals surface area contributed by atoms with Crippen molar-refractivity contribution in [3.05, 3.63) is 0 Å². The monoisotopic (exact) mass is 249 g/mol. The molecular formula is C5H7F2O7S-. The summed E-state index contributed by atoms with van der Waals surface area (Å²) >= 11 is 0. The molecule has 0 saturated carbocycles. The fraction of sp³-hybridized carbons (Fsp3) is 0.600. The lowest BCUT2D eigenvalue weighted by Gasteiger charge is -2.00. The van der Waals surface area contributed by atoms with E-state index in [0.29, 0.717) is 0 Å². The van der Waals surface area contributed by atoms with Crippen molar-refractivity contribution in [1.29, 1.82) is 0 Å². The molecule has 0 aliphatic rings. The van der Waals surface area contributed by atoms with E-state index >= 15 is 0 Å². The summed E-state index contributed by atoms with van der Waals surface area (Å²) in [5.74, 6) is -1.62. The summed E-state index contributed by atoms with van der Waals surface area (Å²) in [6.45, 7) is -0.567. The number of alkyl halides is 1.